The minimum atomic E-state index is -1.29. The van der Waals surface area contributed by atoms with Crippen molar-refractivity contribution in [3.05, 3.63) is 23.3 Å². The molecule has 0 aromatic rings. The maximum atomic E-state index is 12.0. The molecule has 2 aliphatic rings. The molecule has 1 unspecified atom stereocenters. The van der Waals surface area contributed by atoms with Gasteiger partial charge in [-0.3, -0.25) is 24.0 Å². The van der Waals surface area contributed by atoms with Gasteiger partial charge in [-0.15, -0.1) is 0 Å². The van der Waals surface area contributed by atoms with E-state index in [4.69, 9.17) is 28.4 Å². The van der Waals surface area contributed by atoms with Gasteiger partial charge in [0.2, 0.25) is 0 Å². The summed E-state index contributed by atoms with van der Waals surface area (Å²) in [6.07, 6.45) is -2.19. The number of carbonyl (C=O) groups is 5. The highest BCUT2D eigenvalue weighted by Gasteiger charge is 2.53. The molecule has 1 heterocycles. The van der Waals surface area contributed by atoms with Crippen molar-refractivity contribution in [2.45, 2.75) is 105 Å². The predicted molar refractivity (Wildman–Crippen MR) is 132 cm³/mol. The monoisotopic (exact) mass is 538 g/mol. The first-order chi connectivity index (χ1) is 17.6. The van der Waals surface area contributed by atoms with E-state index in [1.54, 1.807) is 13.0 Å². The number of esters is 4. The molecule has 0 N–H and O–H groups in total. The van der Waals surface area contributed by atoms with Crippen molar-refractivity contribution in [3.8, 4) is 0 Å². The van der Waals surface area contributed by atoms with Crippen LogP contribution in [0.5, 0.6) is 0 Å². The van der Waals surface area contributed by atoms with Crippen LogP contribution < -0.4 is 0 Å². The standard InChI is InChI=1S/C27H38O11/c1-14-11-20(32)12-27(7,8)21(14)10-9-15(2)34-26-25(37-19(6)31)24(36-18(5)30)23(35-17(4)29)22(38-26)13-33-16(3)28/h10-11,15,22-26H,9,12-13H2,1-8H3/b21-10-/t15?,22-,23-,24+,25-,26-/m1/s1. The van der Waals surface area contributed by atoms with Crippen molar-refractivity contribution >= 4 is 29.7 Å². The van der Waals surface area contributed by atoms with Crippen molar-refractivity contribution in [2.75, 3.05) is 6.61 Å². The number of ketones is 1. The third-order valence-electron chi connectivity index (χ3n) is 6.12. The highest BCUT2D eigenvalue weighted by Crippen LogP contribution is 2.39. The van der Waals surface area contributed by atoms with E-state index in [9.17, 15) is 24.0 Å². The fourth-order valence-corrected chi connectivity index (χ4v) is 4.74. The Kier molecular flexibility index (Phi) is 10.8. The minimum Gasteiger partial charge on any atom is -0.463 e. The van der Waals surface area contributed by atoms with Crippen LogP contribution >= 0.6 is 0 Å². The molecular weight excluding hydrogens is 500 g/mol. The molecule has 1 aliphatic carbocycles. The zero-order valence-electron chi connectivity index (χ0n) is 23.2. The summed E-state index contributed by atoms with van der Waals surface area (Å²) in [5, 5.41) is 0. The predicted octanol–water partition coefficient (Wildman–Crippen LogP) is 2.74. The summed E-state index contributed by atoms with van der Waals surface area (Å²) in [4.78, 5) is 59.3. The molecule has 0 bridgehead atoms. The van der Waals surface area contributed by atoms with Crippen LogP contribution in [-0.2, 0) is 52.4 Å². The Morgan fingerprint density at radius 2 is 1.53 bits per heavy atom. The number of hydrogen-bond donors (Lipinski definition) is 0. The summed E-state index contributed by atoms with van der Waals surface area (Å²) in [5.41, 5.74) is 1.56. The molecule has 0 aromatic heterocycles. The SMILES string of the molecule is CC(=O)OC[C@H]1O[C@@H](OC(C)C/C=C2/C(C)=CC(=O)CC2(C)C)[C@H](OC(C)=O)[C@@H](OC(C)=O)[C@@H]1OC(C)=O. The van der Waals surface area contributed by atoms with Crippen LogP contribution in [0, 0.1) is 5.41 Å². The molecule has 212 valence electrons. The van der Waals surface area contributed by atoms with Gasteiger partial charge in [0.15, 0.2) is 30.4 Å². The van der Waals surface area contributed by atoms with E-state index in [2.05, 4.69) is 0 Å². The van der Waals surface area contributed by atoms with Crippen molar-refractivity contribution in [1.29, 1.82) is 0 Å². The van der Waals surface area contributed by atoms with Gasteiger partial charge in [0.1, 0.15) is 12.7 Å². The quantitative estimate of drug-likeness (QED) is 0.316. The summed E-state index contributed by atoms with van der Waals surface area (Å²) in [7, 11) is 0. The number of carbonyl (C=O) groups excluding carboxylic acids is 5. The molecule has 2 rings (SSSR count). The highest BCUT2D eigenvalue weighted by molar-refractivity contribution is 5.93. The lowest BCUT2D eigenvalue weighted by Gasteiger charge is -2.44. The van der Waals surface area contributed by atoms with Crippen molar-refractivity contribution in [3.63, 3.8) is 0 Å². The fraction of sp³-hybridized carbons (Fsp3) is 0.667. The lowest BCUT2D eigenvalue weighted by Crippen LogP contribution is -2.63. The average molecular weight is 539 g/mol. The molecule has 0 amide bonds. The zero-order valence-corrected chi connectivity index (χ0v) is 23.2. The van der Waals surface area contributed by atoms with Crippen LogP contribution in [0.15, 0.2) is 23.3 Å². The maximum Gasteiger partial charge on any atom is 0.303 e. The average Bonchev–Trinajstić information content (AvgIpc) is 2.74. The Hall–Kier alpha value is -3.05. The Labute approximate surface area is 222 Å². The molecule has 0 saturated carbocycles. The van der Waals surface area contributed by atoms with E-state index in [1.165, 1.54) is 13.8 Å². The fourth-order valence-electron chi connectivity index (χ4n) is 4.74. The van der Waals surface area contributed by atoms with E-state index >= 15 is 0 Å². The molecule has 11 nitrogen and oxygen atoms in total. The number of allylic oxidation sites excluding steroid dienone is 3. The summed E-state index contributed by atoms with van der Waals surface area (Å²) < 4.78 is 33.4. The van der Waals surface area contributed by atoms with Gasteiger partial charge in [-0.1, -0.05) is 19.9 Å². The Balaban J connectivity index is 2.36. The highest BCUT2D eigenvalue weighted by atomic mass is 16.7. The van der Waals surface area contributed by atoms with Gasteiger partial charge in [0, 0.05) is 34.1 Å². The van der Waals surface area contributed by atoms with E-state index in [1.807, 2.05) is 26.8 Å². The van der Waals surface area contributed by atoms with Crippen molar-refractivity contribution in [1.82, 2.24) is 0 Å². The van der Waals surface area contributed by atoms with Gasteiger partial charge in [0.05, 0.1) is 6.10 Å². The topological polar surface area (TPSA) is 141 Å². The van der Waals surface area contributed by atoms with E-state index in [0.29, 0.717) is 12.8 Å². The molecule has 1 saturated heterocycles. The van der Waals surface area contributed by atoms with Gasteiger partial charge in [-0.05, 0) is 42.9 Å². The van der Waals surface area contributed by atoms with Crippen LogP contribution in [0.25, 0.3) is 0 Å². The number of rotatable bonds is 9. The molecule has 0 radical (unpaired) electrons. The second kappa shape index (κ2) is 13.1. The first-order valence-electron chi connectivity index (χ1n) is 12.5. The van der Waals surface area contributed by atoms with Gasteiger partial charge in [-0.2, -0.15) is 0 Å². The van der Waals surface area contributed by atoms with Gasteiger partial charge in [-0.25, -0.2) is 0 Å². The Morgan fingerprint density at radius 3 is 2.05 bits per heavy atom. The smallest absolute Gasteiger partial charge is 0.303 e. The van der Waals surface area contributed by atoms with Crippen molar-refractivity contribution in [2.24, 2.45) is 5.41 Å². The Bertz CT molecular complexity index is 993. The second-order valence-electron chi connectivity index (χ2n) is 10.2. The normalized spacial score (nSPS) is 28.6. The number of ether oxygens (including phenoxy) is 6. The minimum absolute atomic E-state index is 0.0754. The second-order valence-corrected chi connectivity index (χ2v) is 10.2. The third-order valence-corrected chi connectivity index (χ3v) is 6.12. The molecule has 38 heavy (non-hydrogen) atoms. The van der Waals surface area contributed by atoms with Crippen LogP contribution in [0.2, 0.25) is 0 Å². The Morgan fingerprint density at radius 1 is 0.974 bits per heavy atom. The molecule has 1 aliphatic heterocycles. The molecule has 6 atom stereocenters. The first-order valence-corrected chi connectivity index (χ1v) is 12.5. The zero-order chi connectivity index (χ0) is 28.8. The van der Waals surface area contributed by atoms with E-state index in [-0.39, 0.29) is 17.8 Å². The van der Waals surface area contributed by atoms with E-state index < -0.39 is 60.7 Å². The van der Waals surface area contributed by atoms with Crippen molar-refractivity contribution < 1.29 is 52.4 Å². The molecule has 1 fully saturated rings. The number of hydrogen-bond acceptors (Lipinski definition) is 11. The summed E-state index contributed by atoms with van der Waals surface area (Å²) in [5.74, 6) is -2.65. The first kappa shape index (κ1) is 31.2. The molecule has 11 heteroatoms. The summed E-state index contributed by atoms with van der Waals surface area (Å²) in [6.45, 7) is 12.0. The van der Waals surface area contributed by atoms with Gasteiger partial charge < -0.3 is 28.4 Å². The summed E-state index contributed by atoms with van der Waals surface area (Å²) >= 11 is 0. The van der Waals surface area contributed by atoms with Crippen LogP contribution in [0.4, 0.5) is 0 Å². The van der Waals surface area contributed by atoms with E-state index in [0.717, 1.165) is 25.0 Å². The lowest BCUT2D eigenvalue weighted by molar-refractivity contribution is -0.315. The summed E-state index contributed by atoms with van der Waals surface area (Å²) in [6, 6.07) is 0. The molecule has 0 spiro atoms. The van der Waals surface area contributed by atoms with Gasteiger partial charge >= 0.3 is 23.9 Å². The molecular formula is C27H38O11. The van der Waals surface area contributed by atoms with Gasteiger partial charge in [0.25, 0.3) is 0 Å². The molecule has 0 aromatic carbocycles. The van der Waals surface area contributed by atoms with Crippen LogP contribution in [0.1, 0.15) is 68.2 Å². The van der Waals surface area contributed by atoms with Crippen LogP contribution in [-0.4, -0.2) is 73.1 Å². The third kappa shape index (κ3) is 8.76. The largest absolute Gasteiger partial charge is 0.463 e. The lowest BCUT2D eigenvalue weighted by atomic mass is 9.72. The van der Waals surface area contributed by atoms with Crippen LogP contribution in [0.3, 0.4) is 0 Å². The maximum absolute atomic E-state index is 12.0.